The van der Waals surface area contributed by atoms with Gasteiger partial charge in [-0.1, -0.05) is 24.3 Å². The molecule has 0 aliphatic rings. The topological polar surface area (TPSA) is 151 Å². The number of nitrogens with two attached hydrogens (primary N) is 2. The molecule has 0 radical (unpaired) electrons. The molecule has 1 amide bonds. The molecule has 2 aromatic rings. The zero-order valence-electron chi connectivity index (χ0n) is 14.3. The van der Waals surface area contributed by atoms with Crippen LogP contribution in [-0.2, 0) is 27.9 Å². The third-order valence-corrected chi connectivity index (χ3v) is 4.51. The van der Waals surface area contributed by atoms with Gasteiger partial charge in [-0.25, -0.2) is 13.6 Å². The van der Waals surface area contributed by atoms with E-state index in [0.29, 0.717) is 18.8 Å². The van der Waals surface area contributed by atoms with Crippen LogP contribution in [0.2, 0.25) is 0 Å². The lowest BCUT2D eigenvalue weighted by Gasteiger charge is -2.07. The Hall–Kier alpha value is -3.19. The van der Waals surface area contributed by atoms with Crippen LogP contribution in [0.3, 0.4) is 0 Å². The quantitative estimate of drug-likeness (QED) is 0.411. The van der Waals surface area contributed by atoms with E-state index >= 15 is 0 Å². The standard InChI is InChI=1S/C18H19N5O3S/c19-9-13-2-1-3-14(8-13)11-22-12-15(10-20)18(24)23-16-4-6-17(7-5-16)27(21,25)26/h1-8,12,22H,9,11,19H2,(H,23,24)(H2,21,25,26)/b15-12-. The Kier molecular flexibility index (Phi) is 6.67. The highest BCUT2D eigenvalue weighted by atomic mass is 32.2. The third-order valence-electron chi connectivity index (χ3n) is 3.59. The smallest absolute Gasteiger partial charge is 0.267 e. The molecule has 0 heterocycles. The van der Waals surface area contributed by atoms with Crippen molar-refractivity contribution in [2.75, 3.05) is 5.32 Å². The van der Waals surface area contributed by atoms with Crippen LogP contribution in [-0.4, -0.2) is 14.3 Å². The number of rotatable bonds is 7. The largest absolute Gasteiger partial charge is 0.386 e. The number of anilines is 1. The number of hydrogen-bond acceptors (Lipinski definition) is 6. The maximum absolute atomic E-state index is 12.2. The molecular formula is C18H19N5O3S. The minimum atomic E-state index is -3.81. The van der Waals surface area contributed by atoms with Crippen molar-refractivity contribution in [2.45, 2.75) is 18.0 Å². The molecule has 0 saturated carbocycles. The van der Waals surface area contributed by atoms with Crippen LogP contribution in [0, 0.1) is 11.3 Å². The summed E-state index contributed by atoms with van der Waals surface area (Å²) >= 11 is 0. The van der Waals surface area contributed by atoms with Gasteiger partial charge in [0.1, 0.15) is 11.6 Å². The number of nitrogens with one attached hydrogen (secondary N) is 2. The zero-order chi connectivity index (χ0) is 19.9. The lowest BCUT2D eigenvalue weighted by molar-refractivity contribution is -0.112. The molecule has 27 heavy (non-hydrogen) atoms. The summed E-state index contributed by atoms with van der Waals surface area (Å²) in [6.07, 6.45) is 1.32. The number of hydrogen-bond donors (Lipinski definition) is 4. The van der Waals surface area contributed by atoms with Crippen molar-refractivity contribution in [3.8, 4) is 6.07 Å². The summed E-state index contributed by atoms with van der Waals surface area (Å²) in [5.41, 5.74) is 7.76. The first-order valence-electron chi connectivity index (χ1n) is 7.89. The zero-order valence-corrected chi connectivity index (χ0v) is 15.2. The average molecular weight is 385 g/mol. The van der Waals surface area contributed by atoms with Crippen molar-refractivity contribution in [1.82, 2.24) is 5.32 Å². The summed E-state index contributed by atoms with van der Waals surface area (Å²) in [7, 11) is -3.81. The summed E-state index contributed by atoms with van der Waals surface area (Å²) < 4.78 is 22.4. The second kappa shape index (κ2) is 8.95. The van der Waals surface area contributed by atoms with Crippen molar-refractivity contribution in [3.63, 3.8) is 0 Å². The average Bonchev–Trinajstić information content (AvgIpc) is 2.65. The number of amides is 1. The second-order valence-corrected chi connectivity index (χ2v) is 7.16. The van der Waals surface area contributed by atoms with E-state index < -0.39 is 15.9 Å². The number of sulfonamides is 1. The molecule has 0 atom stereocenters. The van der Waals surface area contributed by atoms with Crippen LogP contribution < -0.4 is 21.5 Å². The lowest BCUT2D eigenvalue weighted by atomic mass is 10.1. The number of primary sulfonamides is 1. The van der Waals surface area contributed by atoms with E-state index in [1.807, 2.05) is 30.3 Å². The number of carbonyl (C=O) groups is 1. The molecule has 8 nitrogen and oxygen atoms in total. The number of carbonyl (C=O) groups excluding carboxylic acids is 1. The van der Waals surface area contributed by atoms with E-state index in [1.54, 1.807) is 0 Å². The van der Waals surface area contributed by atoms with Gasteiger partial charge in [-0.3, -0.25) is 4.79 Å². The molecule has 0 spiro atoms. The van der Waals surface area contributed by atoms with Gasteiger partial charge < -0.3 is 16.4 Å². The molecule has 0 bridgehead atoms. The summed E-state index contributed by atoms with van der Waals surface area (Å²) in [6, 6.07) is 14.8. The fourth-order valence-electron chi connectivity index (χ4n) is 2.21. The Labute approximate surface area is 157 Å². The Morgan fingerprint density at radius 2 is 1.81 bits per heavy atom. The first-order chi connectivity index (χ1) is 12.8. The SMILES string of the molecule is N#C/C(=C/NCc1cccc(CN)c1)C(=O)Nc1ccc(S(N)(=O)=O)cc1. The predicted molar refractivity (Wildman–Crippen MR) is 101 cm³/mol. The van der Waals surface area contributed by atoms with Crippen LogP contribution in [0.1, 0.15) is 11.1 Å². The first kappa shape index (κ1) is 20.1. The highest BCUT2D eigenvalue weighted by Crippen LogP contribution is 2.13. The molecule has 0 aliphatic carbocycles. The molecule has 0 unspecified atom stereocenters. The van der Waals surface area contributed by atoms with Gasteiger partial charge in [0.15, 0.2) is 0 Å². The molecule has 9 heteroatoms. The van der Waals surface area contributed by atoms with Gasteiger partial charge in [-0.2, -0.15) is 5.26 Å². The van der Waals surface area contributed by atoms with Crippen LogP contribution >= 0.6 is 0 Å². The Morgan fingerprint density at radius 1 is 1.15 bits per heavy atom. The van der Waals surface area contributed by atoms with Gasteiger partial charge in [-0.05, 0) is 35.4 Å². The first-order valence-corrected chi connectivity index (χ1v) is 9.44. The summed E-state index contributed by atoms with van der Waals surface area (Å²) in [4.78, 5) is 12.1. The van der Waals surface area contributed by atoms with E-state index in [0.717, 1.165) is 11.1 Å². The lowest BCUT2D eigenvalue weighted by Crippen LogP contribution is -2.17. The Bertz CT molecular complexity index is 992. The molecular weight excluding hydrogens is 366 g/mol. The Balaban J connectivity index is 2.00. The van der Waals surface area contributed by atoms with E-state index in [-0.39, 0.29) is 10.5 Å². The summed E-state index contributed by atoms with van der Waals surface area (Å²) in [5.74, 6) is -0.621. The van der Waals surface area contributed by atoms with Gasteiger partial charge in [-0.15, -0.1) is 0 Å². The molecule has 6 N–H and O–H groups in total. The minimum Gasteiger partial charge on any atom is -0.386 e. The highest BCUT2D eigenvalue weighted by Gasteiger charge is 2.11. The molecule has 0 fully saturated rings. The van der Waals surface area contributed by atoms with Crippen molar-refractivity contribution in [3.05, 3.63) is 71.4 Å². The van der Waals surface area contributed by atoms with Crippen LogP contribution in [0.4, 0.5) is 5.69 Å². The van der Waals surface area contributed by atoms with Crippen LogP contribution in [0.5, 0.6) is 0 Å². The van der Waals surface area contributed by atoms with Crippen molar-refractivity contribution in [2.24, 2.45) is 10.9 Å². The third kappa shape index (κ3) is 5.93. The minimum absolute atomic E-state index is 0.0714. The molecule has 0 aromatic heterocycles. The predicted octanol–water partition coefficient (Wildman–Crippen LogP) is 0.928. The maximum atomic E-state index is 12.2. The van der Waals surface area contributed by atoms with Crippen LogP contribution in [0.15, 0.2) is 65.2 Å². The number of nitrogens with zero attached hydrogens (tertiary/aromatic N) is 1. The monoisotopic (exact) mass is 385 g/mol. The van der Waals surface area contributed by atoms with Gasteiger partial charge in [0, 0.05) is 25.0 Å². The number of nitriles is 1. The van der Waals surface area contributed by atoms with Crippen molar-refractivity contribution in [1.29, 1.82) is 5.26 Å². The molecule has 2 rings (SSSR count). The van der Waals surface area contributed by atoms with E-state index in [4.69, 9.17) is 10.9 Å². The highest BCUT2D eigenvalue weighted by molar-refractivity contribution is 7.89. The van der Waals surface area contributed by atoms with Gasteiger partial charge in [0.2, 0.25) is 10.0 Å². The van der Waals surface area contributed by atoms with Gasteiger partial charge in [0.05, 0.1) is 4.90 Å². The van der Waals surface area contributed by atoms with Gasteiger partial charge >= 0.3 is 0 Å². The fourth-order valence-corrected chi connectivity index (χ4v) is 2.73. The van der Waals surface area contributed by atoms with E-state index in [2.05, 4.69) is 10.6 Å². The van der Waals surface area contributed by atoms with Crippen LogP contribution in [0.25, 0.3) is 0 Å². The number of benzene rings is 2. The summed E-state index contributed by atoms with van der Waals surface area (Å²) in [6.45, 7) is 0.856. The summed E-state index contributed by atoms with van der Waals surface area (Å²) in [5, 5.41) is 19.6. The van der Waals surface area contributed by atoms with E-state index in [1.165, 1.54) is 30.5 Å². The molecule has 0 aliphatic heterocycles. The van der Waals surface area contributed by atoms with Crippen molar-refractivity contribution < 1.29 is 13.2 Å². The van der Waals surface area contributed by atoms with Gasteiger partial charge in [0.25, 0.3) is 5.91 Å². The second-order valence-electron chi connectivity index (χ2n) is 5.60. The molecule has 140 valence electrons. The molecule has 0 saturated heterocycles. The fraction of sp³-hybridized carbons (Fsp3) is 0.111. The normalized spacial score (nSPS) is 11.5. The van der Waals surface area contributed by atoms with Crippen molar-refractivity contribution >= 4 is 21.6 Å². The molecule has 2 aromatic carbocycles. The van der Waals surface area contributed by atoms with E-state index in [9.17, 15) is 18.5 Å². The maximum Gasteiger partial charge on any atom is 0.267 e. The Morgan fingerprint density at radius 3 is 2.41 bits per heavy atom.